The van der Waals surface area contributed by atoms with E-state index in [9.17, 15) is 5.11 Å². The average Bonchev–Trinajstić information content (AvgIpc) is 3.05. The van der Waals surface area contributed by atoms with Crippen molar-refractivity contribution < 1.29 is 9.63 Å². The van der Waals surface area contributed by atoms with Gasteiger partial charge in [-0.1, -0.05) is 16.8 Å². The number of hydrogen-bond donors (Lipinski definition) is 1. The van der Waals surface area contributed by atoms with Gasteiger partial charge in [-0.3, -0.25) is 0 Å². The Morgan fingerprint density at radius 2 is 1.88 bits per heavy atom. The van der Waals surface area contributed by atoms with Crippen LogP contribution in [0.2, 0.25) is 5.02 Å². The van der Waals surface area contributed by atoms with Crippen LogP contribution in [0.1, 0.15) is 19.5 Å². The Kier molecular flexibility index (Phi) is 4.90. The van der Waals surface area contributed by atoms with Crippen LogP contribution in [0.15, 0.2) is 34.9 Å². The molecule has 1 N–H and O–H groups in total. The highest BCUT2D eigenvalue weighted by molar-refractivity contribution is 6.33. The topological polar surface area (TPSA) is 75.3 Å². The molecule has 130 valence electrons. The zero-order chi connectivity index (χ0) is 18.0. The molecule has 2 aromatic heterocycles. The molecule has 1 aromatic carbocycles. The number of pyridine rings is 1. The van der Waals surface area contributed by atoms with Crippen LogP contribution in [-0.2, 0) is 0 Å². The number of aromatic nitrogens is 3. The van der Waals surface area contributed by atoms with Crippen LogP contribution in [0, 0.1) is 6.92 Å². The fourth-order valence-corrected chi connectivity index (χ4v) is 2.88. The summed E-state index contributed by atoms with van der Waals surface area (Å²) < 4.78 is 5.42. The maximum Gasteiger partial charge on any atom is 0.258 e. The quantitative estimate of drug-likeness (QED) is 0.732. The first-order valence-corrected chi connectivity index (χ1v) is 8.46. The van der Waals surface area contributed by atoms with Crippen LogP contribution in [0.25, 0.3) is 22.8 Å². The van der Waals surface area contributed by atoms with E-state index in [2.05, 4.69) is 33.9 Å². The minimum absolute atomic E-state index is 0.0890. The molecule has 0 aliphatic carbocycles. The fraction of sp³-hybridized carbons (Fsp3) is 0.278. The molecular weight excluding hydrogens is 340 g/mol. The molecule has 0 saturated carbocycles. The van der Waals surface area contributed by atoms with Gasteiger partial charge in [0.25, 0.3) is 5.89 Å². The molecule has 0 fully saturated rings. The number of aromatic hydroxyl groups is 1. The SMILES string of the molecule is CCN(CC)c1cc(-c2nc(-c3ccc(O)cc3Cl)no2)cc(C)n1. The molecule has 0 atom stereocenters. The second kappa shape index (κ2) is 7.11. The van der Waals surface area contributed by atoms with Crippen molar-refractivity contribution in [3.8, 4) is 28.6 Å². The Bertz CT molecular complexity index is 891. The first-order chi connectivity index (χ1) is 12.0. The zero-order valence-corrected chi connectivity index (χ0v) is 15.1. The minimum Gasteiger partial charge on any atom is -0.508 e. The smallest absolute Gasteiger partial charge is 0.258 e. The molecule has 0 bridgehead atoms. The van der Waals surface area contributed by atoms with E-state index in [-0.39, 0.29) is 5.75 Å². The molecule has 25 heavy (non-hydrogen) atoms. The number of nitrogens with zero attached hydrogens (tertiary/aromatic N) is 4. The van der Waals surface area contributed by atoms with Gasteiger partial charge in [-0.2, -0.15) is 4.98 Å². The van der Waals surface area contributed by atoms with Crippen LogP contribution < -0.4 is 4.90 Å². The van der Waals surface area contributed by atoms with Gasteiger partial charge >= 0.3 is 0 Å². The van der Waals surface area contributed by atoms with Crippen LogP contribution in [-0.4, -0.2) is 33.3 Å². The molecule has 0 aliphatic heterocycles. The Morgan fingerprint density at radius 3 is 2.56 bits per heavy atom. The van der Waals surface area contributed by atoms with Gasteiger partial charge in [0.1, 0.15) is 11.6 Å². The van der Waals surface area contributed by atoms with Gasteiger partial charge in [-0.25, -0.2) is 4.98 Å². The molecule has 6 nitrogen and oxygen atoms in total. The molecule has 0 spiro atoms. The lowest BCUT2D eigenvalue weighted by atomic mass is 10.2. The summed E-state index contributed by atoms with van der Waals surface area (Å²) in [7, 11) is 0. The third kappa shape index (κ3) is 3.58. The lowest BCUT2D eigenvalue weighted by molar-refractivity contribution is 0.432. The van der Waals surface area contributed by atoms with Crippen molar-refractivity contribution in [3.05, 3.63) is 41.0 Å². The van der Waals surface area contributed by atoms with Gasteiger partial charge in [0.2, 0.25) is 5.82 Å². The summed E-state index contributed by atoms with van der Waals surface area (Å²) in [6.45, 7) is 7.84. The van der Waals surface area contributed by atoms with Crippen molar-refractivity contribution in [3.63, 3.8) is 0 Å². The van der Waals surface area contributed by atoms with Crippen LogP contribution >= 0.6 is 11.6 Å². The maximum absolute atomic E-state index is 9.47. The molecule has 0 saturated heterocycles. The van der Waals surface area contributed by atoms with Gasteiger partial charge in [-0.05, 0) is 51.1 Å². The maximum atomic E-state index is 9.47. The Hall–Kier alpha value is -2.60. The molecular formula is C18H19ClN4O2. The molecule has 7 heteroatoms. The number of benzene rings is 1. The summed E-state index contributed by atoms with van der Waals surface area (Å²) in [4.78, 5) is 11.2. The van der Waals surface area contributed by atoms with E-state index in [1.165, 1.54) is 12.1 Å². The van der Waals surface area contributed by atoms with E-state index in [1.54, 1.807) is 6.07 Å². The summed E-state index contributed by atoms with van der Waals surface area (Å²) >= 11 is 6.15. The van der Waals surface area contributed by atoms with Gasteiger partial charge in [0.15, 0.2) is 0 Å². The summed E-state index contributed by atoms with van der Waals surface area (Å²) in [6, 6.07) is 8.48. The number of aryl methyl sites for hydroxylation is 1. The third-order valence-corrected chi connectivity index (χ3v) is 4.21. The second-order valence-corrected chi connectivity index (χ2v) is 6.02. The number of phenolic OH excluding ortho intramolecular Hbond substituents is 1. The first kappa shape index (κ1) is 17.2. The number of halogens is 1. The van der Waals surface area contributed by atoms with Crippen LogP contribution in [0.3, 0.4) is 0 Å². The van der Waals surface area contributed by atoms with Gasteiger partial charge < -0.3 is 14.5 Å². The Balaban J connectivity index is 2.00. The third-order valence-electron chi connectivity index (χ3n) is 3.89. The van der Waals surface area contributed by atoms with Crippen molar-refractivity contribution in [2.75, 3.05) is 18.0 Å². The summed E-state index contributed by atoms with van der Waals surface area (Å²) in [5.74, 6) is 1.74. The molecule has 3 rings (SSSR count). The monoisotopic (exact) mass is 358 g/mol. The van der Waals surface area contributed by atoms with E-state index in [4.69, 9.17) is 16.1 Å². The van der Waals surface area contributed by atoms with Crippen LogP contribution in [0.4, 0.5) is 5.82 Å². The highest BCUT2D eigenvalue weighted by Crippen LogP contribution is 2.31. The molecule has 3 aromatic rings. The van der Waals surface area contributed by atoms with Gasteiger partial charge in [-0.15, -0.1) is 0 Å². The Morgan fingerprint density at radius 1 is 1.12 bits per heavy atom. The van der Waals surface area contributed by atoms with Crippen LogP contribution in [0.5, 0.6) is 5.75 Å². The predicted molar refractivity (Wildman–Crippen MR) is 97.9 cm³/mol. The van der Waals surface area contributed by atoms with Gasteiger partial charge in [0, 0.05) is 29.9 Å². The second-order valence-electron chi connectivity index (χ2n) is 5.61. The molecule has 2 heterocycles. The average molecular weight is 359 g/mol. The number of anilines is 1. The van der Waals surface area contributed by atoms with Crippen molar-refractivity contribution in [1.82, 2.24) is 15.1 Å². The number of rotatable bonds is 5. The standard InChI is InChI=1S/C18H19ClN4O2/c1-4-23(5-2)16-9-12(8-11(3)20-16)18-21-17(22-25-18)14-7-6-13(24)10-15(14)19/h6-10,24H,4-5H2,1-3H3. The largest absolute Gasteiger partial charge is 0.508 e. The molecule has 0 aliphatic rings. The van der Waals surface area contributed by atoms with Crippen molar-refractivity contribution >= 4 is 17.4 Å². The van der Waals surface area contributed by atoms with E-state index < -0.39 is 0 Å². The zero-order valence-electron chi connectivity index (χ0n) is 14.3. The number of hydrogen-bond acceptors (Lipinski definition) is 6. The highest BCUT2D eigenvalue weighted by atomic mass is 35.5. The lowest BCUT2D eigenvalue weighted by Gasteiger charge is -2.20. The van der Waals surface area contributed by atoms with Crippen molar-refractivity contribution in [2.45, 2.75) is 20.8 Å². The first-order valence-electron chi connectivity index (χ1n) is 8.08. The fourth-order valence-electron chi connectivity index (χ4n) is 2.62. The normalized spacial score (nSPS) is 10.9. The van der Waals surface area contributed by atoms with E-state index in [0.29, 0.717) is 22.3 Å². The van der Waals surface area contributed by atoms with Crippen molar-refractivity contribution in [1.29, 1.82) is 0 Å². The summed E-state index contributed by atoms with van der Waals surface area (Å²) in [6.07, 6.45) is 0. The van der Waals surface area contributed by atoms with E-state index >= 15 is 0 Å². The van der Waals surface area contributed by atoms with Gasteiger partial charge in [0.05, 0.1) is 5.02 Å². The molecule has 0 amide bonds. The summed E-state index contributed by atoms with van der Waals surface area (Å²) in [5, 5.41) is 13.8. The Labute approximate surface area is 151 Å². The highest BCUT2D eigenvalue weighted by Gasteiger charge is 2.16. The molecule has 0 radical (unpaired) electrons. The number of phenols is 1. The molecule has 0 unspecified atom stereocenters. The predicted octanol–water partition coefficient (Wildman–Crippen LogP) is 4.31. The minimum atomic E-state index is 0.0890. The van der Waals surface area contributed by atoms with E-state index in [0.717, 1.165) is 30.2 Å². The van der Waals surface area contributed by atoms with E-state index in [1.807, 2.05) is 19.1 Å². The summed E-state index contributed by atoms with van der Waals surface area (Å²) in [5.41, 5.74) is 2.29. The van der Waals surface area contributed by atoms with Crippen molar-refractivity contribution in [2.24, 2.45) is 0 Å². The lowest BCUT2D eigenvalue weighted by Crippen LogP contribution is -2.23.